The number of aromatic nitrogens is 2. The molecule has 1 amide bonds. The zero-order valence-corrected chi connectivity index (χ0v) is 17.6. The van der Waals surface area contributed by atoms with Crippen LogP contribution in [0.3, 0.4) is 0 Å². The lowest BCUT2D eigenvalue weighted by molar-refractivity contribution is -0.158. The van der Waals surface area contributed by atoms with Crippen LogP contribution in [-0.4, -0.2) is 70.0 Å². The van der Waals surface area contributed by atoms with Gasteiger partial charge in [0.05, 0.1) is 37.9 Å². The molecule has 0 unspecified atom stereocenters. The van der Waals surface area contributed by atoms with E-state index in [2.05, 4.69) is 20.2 Å². The van der Waals surface area contributed by atoms with E-state index in [1.165, 1.54) is 0 Å². The first-order chi connectivity index (χ1) is 15.2. The summed E-state index contributed by atoms with van der Waals surface area (Å²) in [6.07, 6.45) is 8.25. The average molecular weight is 427 g/mol. The van der Waals surface area contributed by atoms with Crippen LogP contribution in [0.4, 0.5) is 0 Å². The van der Waals surface area contributed by atoms with Crippen molar-refractivity contribution >= 4 is 5.91 Å². The van der Waals surface area contributed by atoms with Crippen molar-refractivity contribution in [2.75, 3.05) is 19.8 Å². The maximum Gasteiger partial charge on any atom is 0.222 e. The fraction of sp³-hybridized carbons (Fsp3) is 0.522. The van der Waals surface area contributed by atoms with Crippen LogP contribution in [0, 0.1) is 0 Å². The van der Waals surface area contributed by atoms with E-state index >= 15 is 0 Å². The van der Waals surface area contributed by atoms with Gasteiger partial charge in [0.2, 0.25) is 5.91 Å². The Morgan fingerprint density at radius 2 is 1.77 bits per heavy atom. The van der Waals surface area contributed by atoms with Crippen LogP contribution in [0.25, 0.3) is 0 Å². The molecule has 2 saturated heterocycles. The minimum absolute atomic E-state index is 0.0175. The van der Waals surface area contributed by atoms with Gasteiger partial charge in [0.1, 0.15) is 0 Å². The zero-order chi connectivity index (χ0) is 21.5. The molecule has 2 aromatic rings. The lowest BCUT2D eigenvalue weighted by Crippen LogP contribution is -2.55. The average Bonchev–Trinajstić information content (AvgIpc) is 2.78. The zero-order valence-electron chi connectivity index (χ0n) is 17.6. The lowest BCUT2D eigenvalue weighted by atomic mass is 9.94. The molecule has 31 heavy (non-hydrogen) atoms. The number of pyridine rings is 2. The smallest absolute Gasteiger partial charge is 0.222 e. The molecule has 0 radical (unpaired) electrons. The highest BCUT2D eigenvalue weighted by atomic mass is 16.5. The number of nitrogens with zero attached hydrogens (tertiary/aromatic N) is 3. The first-order valence-electron chi connectivity index (χ1n) is 10.9. The number of carbonyl (C=O) groups excluding carboxylic acids is 1. The van der Waals surface area contributed by atoms with E-state index in [-0.39, 0.29) is 30.8 Å². The first-order valence-corrected chi connectivity index (χ1v) is 10.9. The van der Waals surface area contributed by atoms with E-state index in [1.807, 2.05) is 24.3 Å². The number of aliphatic hydroxyl groups is 1. The highest BCUT2D eigenvalue weighted by Gasteiger charge is 2.38. The Balaban J connectivity index is 1.34. The highest BCUT2D eigenvalue weighted by molar-refractivity contribution is 5.76. The van der Waals surface area contributed by atoms with Gasteiger partial charge in [-0.3, -0.25) is 19.7 Å². The minimum atomic E-state index is -0.528. The summed E-state index contributed by atoms with van der Waals surface area (Å²) in [5.74, 6) is -0.0175. The number of fused-ring (bicyclic) bond motifs is 1. The number of hydrogen-bond donors (Lipinski definition) is 2. The van der Waals surface area contributed by atoms with Crippen molar-refractivity contribution in [2.45, 2.75) is 56.7 Å². The van der Waals surface area contributed by atoms with Crippen molar-refractivity contribution in [1.29, 1.82) is 0 Å². The lowest BCUT2D eigenvalue weighted by Gasteiger charge is -2.44. The molecule has 0 aromatic carbocycles. The van der Waals surface area contributed by atoms with Gasteiger partial charge in [-0.15, -0.1) is 0 Å². The number of rotatable bonds is 6. The molecule has 0 aliphatic carbocycles. The number of amides is 1. The Kier molecular flexibility index (Phi) is 7.58. The molecular weight excluding hydrogens is 396 g/mol. The van der Waals surface area contributed by atoms with Gasteiger partial charge >= 0.3 is 0 Å². The molecule has 2 aliphatic rings. The van der Waals surface area contributed by atoms with Gasteiger partial charge in [-0.05, 0) is 48.2 Å². The van der Waals surface area contributed by atoms with Crippen molar-refractivity contribution in [3.05, 3.63) is 60.2 Å². The van der Waals surface area contributed by atoms with Gasteiger partial charge in [-0.1, -0.05) is 0 Å². The summed E-state index contributed by atoms with van der Waals surface area (Å²) < 4.78 is 12.0. The molecule has 2 fully saturated rings. The molecule has 2 N–H and O–H groups in total. The largest absolute Gasteiger partial charge is 0.389 e. The van der Waals surface area contributed by atoms with Crippen LogP contribution >= 0.6 is 0 Å². The number of hydrogen-bond acceptors (Lipinski definition) is 7. The van der Waals surface area contributed by atoms with Crippen molar-refractivity contribution in [2.24, 2.45) is 0 Å². The fourth-order valence-corrected chi connectivity index (χ4v) is 4.33. The third kappa shape index (κ3) is 6.30. The molecule has 0 spiro atoms. The van der Waals surface area contributed by atoms with Gasteiger partial charge in [-0.2, -0.15) is 0 Å². The van der Waals surface area contributed by atoms with Crippen molar-refractivity contribution < 1.29 is 19.4 Å². The van der Waals surface area contributed by atoms with Crippen LogP contribution in [0.2, 0.25) is 0 Å². The molecule has 4 heterocycles. The fourth-order valence-electron chi connectivity index (χ4n) is 4.33. The Labute approximate surface area is 182 Å². The van der Waals surface area contributed by atoms with E-state index in [1.54, 1.807) is 24.8 Å². The monoisotopic (exact) mass is 426 g/mol. The SMILES string of the molecule is O=C(C[C@@H]1CC[C@H]2[C@@H](COC[C@H](O)CN2Cc2ccncc2)O1)NCc1ccncc1. The molecule has 4 atom stereocenters. The van der Waals surface area contributed by atoms with E-state index in [4.69, 9.17) is 9.47 Å². The molecular formula is C23H30N4O4. The number of carbonyl (C=O) groups is 1. The van der Waals surface area contributed by atoms with E-state index in [9.17, 15) is 9.90 Å². The molecule has 2 aliphatic heterocycles. The first kappa shape index (κ1) is 21.8. The van der Waals surface area contributed by atoms with Gasteiger partial charge in [-0.25, -0.2) is 0 Å². The molecule has 0 saturated carbocycles. The molecule has 8 nitrogen and oxygen atoms in total. The van der Waals surface area contributed by atoms with Crippen LogP contribution in [-0.2, 0) is 27.4 Å². The predicted molar refractivity (Wildman–Crippen MR) is 114 cm³/mol. The normalized spacial score (nSPS) is 27.0. The summed E-state index contributed by atoms with van der Waals surface area (Å²) in [5, 5.41) is 13.3. The predicted octanol–water partition coefficient (Wildman–Crippen LogP) is 1.29. The molecule has 8 heteroatoms. The van der Waals surface area contributed by atoms with Crippen molar-refractivity contribution in [3.8, 4) is 0 Å². The molecule has 166 valence electrons. The Morgan fingerprint density at radius 1 is 1.06 bits per heavy atom. The maximum atomic E-state index is 12.4. The standard InChI is InChI=1S/C23H30N4O4/c28-19-14-27(13-18-5-9-25-10-6-18)21-2-1-20(31-22(21)16-30-15-19)11-23(29)26-12-17-3-7-24-8-4-17/h3-10,19-22,28H,1-2,11-16H2,(H,26,29)/t19-,20+,21+,22-/m1/s1. The topological polar surface area (TPSA) is 96.8 Å². The third-order valence-corrected chi connectivity index (χ3v) is 5.87. The summed E-state index contributed by atoms with van der Waals surface area (Å²) in [5.41, 5.74) is 2.17. The molecule has 2 aromatic heterocycles. The molecule has 0 bridgehead atoms. The van der Waals surface area contributed by atoms with Gasteiger partial charge in [0.15, 0.2) is 0 Å². The van der Waals surface area contributed by atoms with E-state index in [0.717, 1.165) is 30.5 Å². The quantitative estimate of drug-likeness (QED) is 0.719. The van der Waals surface area contributed by atoms with Crippen molar-refractivity contribution in [1.82, 2.24) is 20.2 Å². The number of ether oxygens (including phenoxy) is 2. The van der Waals surface area contributed by atoms with Gasteiger partial charge in [0, 0.05) is 50.5 Å². The second-order valence-corrected chi connectivity index (χ2v) is 8.25. The Morgan fingerprint density at radius 3 is 2.52 bits per heavy atom. The van der Waals surface area contributed by atoms with Crippen LogP contribution in [0.5, 0.6) is 0 Å². The summed E-state index contributed by atoms with van der Waals surface area (Å²) in [6, 6.07) is 7.91. The third-order valence-electron chi connectivity index (χ3n) is 5.87. The Hall–Kier alpha value is -2.39. The number of nitrogens with one attached hydrogen (secondary N) is 1. The number of aliphatic hydroxyl groups excluding tert-OH is 1. The number of β-amino-alcohol motifs (C(OH)–C–C–N with tert-alkyl or cyclic N) is 1. The second kappa shape index (κ2) is 10.8. The summed E-state index contributed by atoms with van der Waals surface area (Å²) >= 11 is 0. The maximum absolute atomic E-state index is 12.4. The van der Waals surface area contributed by atoms with E-state index in [0.29, 0.717) is 26.1 Å². The van der Waals surface area contributed by atoms with Crippen LogP contribution in [0.1, 0.15) is 30.4 Å². The summed E-state index contributed by atoms with van der Waals surface area (Å²) in [6.45, 7) is 2.45. The highest BCUT2D eigenvalue weighted by Crippen LogP contribution is 2.28. The van der Waals surface area contributed by atoms with Gasteiger partial charge in [0.25, 0.3) is 0 Å². The Bertz CT molecular complexity index is 823. The van der Waals surface area contributed by atoms with Crippen LogP contribution < -0.4 is 5.32 Å². The van der Waals surface area contributed by atoms with E-state index < -0.39 is 6.10 Å². The molecule has 4 rings (SSSR count). The van der Waals surface area contributed by atoms with Gasteiger partial charge < -0.3 is 19.9 Å². The van der Waals surface area contributed by atoms with Crippen molar-refractivity contribution in [3.63, 3.8) is 0 Å². The minimum Gasteiger partial charge on any atom is -0.389 e. The summed E-state index contributed by atoms with van der Waals surface area (Å²) in [4.78, 5) is 22.8. The summed E-state index contributed by atoms with van der Waals surface area (Å²) in [7, 11) is 0. The second-order valence-electron chi connectivity index (χ2n) is 8.25. The van der Waals surface area contributed by atoms with Crippen LogP contribution in [0.15, 0.2) is 49.1 Å².